The monoisotopic (exact) mass is 381 g/mol. The van der Waals surface area contributed by atoms with Crippen molar-refractivity contribution in [3.8, 4) is 5.75 Å². The lowest BCUT2D eigenvalue weighted by molar-refractivity contribution is -0.127. The predicted molar refractivity (Wildman–Crippen MR) is 100 cm³/mol. The van der Waals surface area contributed by atoms with Gasteiger partial charge in [0.05, 0.1) is 0 Å². The molecule has 2 aromatic rings. The van der Waals surface area contributed by atoms with Crippen LogP contribution in [0.3, 0.4) is 0 Å². The van der Waals surface area contributed by atoms with Gasteiger partial charge in [-0.15, -0.1) is 0 Å². The Morgan fingerprint density at radius 3 is 2.64 bits per heavy atom. The molecule has 25 heavy (non-hydrogen) atoms. The van der Waals surface area contributed by atoms with E-state index < -0.39 is 17.8 Å². The van der Waals surface area contributed by atoms with E-state index in [1.165, 1.54) is 25.1 Å². The van der Waals surface area contributed by atoms with Gasteiger partial charge in [-0.05, 0) is 55.9 Å². The van der Waals surface area contributed by atoms with Crippen molar-refractivity contribution in [3.05, 3.63) is 58.9 Å². The van der Waals surface area contributed by atoms with E-state index >= 15 is 0 Å². The summed E-state index contributed by atoms with van der Waals surface area (Å²) in [5, 5.41) is 3.70. The molecule has 2 rings (SSSR count). The van der Waals surface area contributed by atoms with Crippen LogP contribution in [0.15, 0.2) is 42.5 Å². The highest BCUT2D eigenvalue weighted by molar-refractivity contribution is 7.80. The average Bonchev–Trinajstić information content (AvgIpc) is 2.58. The van der Waals surface area contributed by atoms with Crippen molar-refractivity contribution in [2.45, 2.75) is 20.0 Å². The lowest BCUT2D eigenvalue weighted by atomic mass is 10.2. The fraction of sp³-hybridized carbons (Fsp3) is 0.176. The molecule has 1 amide bonds. The first kappa shape index (κ1) is 19.0. The maximum atomic E-state index is 13.5. The third kappa shape index (κ3) is 5.30. The zero-order valence-electron chi connectivity index (χ0n) is 13.6. The number of rotatable bonds is 4. The number of nitrogens with one attached hydrogen (secondary N) is 3. The minimum Gasteiger partial charge on any atom is -0.478 e. The van der Waals surface area contributed by atoms with Crippen LogP contribution >= 0.6 is 23.8 Å². The summed E-state index contributed by atoms with van der Waals surface area (Å²) in [6.45, 7) is 3.34. The molecule has 0 bridgehead atoms. The normalized spacial score (nSPS) is 11.4. The lowest BCUT2D eigenvalue weighted by Crippen LogP contribution is -2.48. The van der Waals surface area contributed by atoms with Gasteiger partial charge in [-0.25, -0.2) is 4.39 Å². The molecule has 1 atom stereocenters. The van der Waals surface area contributed by atoms with Gasteiger partial charge in [0, 0.05) is 10.7 Å². The molecule has 0 spiro atoms. The molecule has 0 aromatic heterocycles. The molecule has 132 valence electrons. The summed E-state index contributed by atoms with van der Waals surface area (Å²) in [5.74, 6) is -1.04. The van der Waals surface area contributed by atoms with Crippen molar-refractivity contribution >= 4 is 40.5 Å². The zero-order chi connectivity index (χ0) is 18.4. The van der Waals surface area contributed by atoms with E-state index in [-0.39, 0.29) is 10.9 Å². The zero-order valence-corrected chi connectivity index (χ0v) is 15.2. The van der Waals surface area contributed by atoms with E-state index in [1.807, 2.05) is 6.92 Å². The maximum absolute atomic E-state index is 13.5. The van der Waals surface area contributed by atoms with Gasteiger partial charge in [-0.3, -0.25) is 15.6 Å². The quantitative estimate of drug-likeness (QED) is 0.558. The van der Waals surface area contributed by atoms with Crippen LogP contribution in [0.25, 0.3) is 0 Å². The van der Waals surface area contributed by atoms with Gasteiger partial charge in [0.1, 0.15) is 0 Å². The predicted octanol–water partition coefficient (Wildman–Crippen LogP) is 3.57. The van der Waals surface area contributed by atoms with Gasteiger partial charge in [0.25, 0.3) is 5.91 Å². The summed E-state index contributed by atoms with van der Waals surface area (Å²) >= 11 is 11.1. The molecule has 0 unspecified atom stereocenters. The van der Waals surface area contributed by atoms with E-state index in [0.717, 1.165) is 11.3 Å². The number of hydrazine groups is 1. The summed E-state index contributed by atoms with van der Waals surface area (Å²) in [7, 11) is 0. The molecule has 2 aromatic carbocycles. The van der Waals surface area contributed by atoms with Crippen LogP contribution in [0.4, 0.5) is 10.1 Å². The minimum atomic E-state index is -0.917. The van der Waals surface area contributed by atoms with Gasteiger partial charge >= 0.3 is 0 Å². The second-order valence-corrected chi connectivity index (χ2v) is 5.99. The molecular formula is C17H17ClFN3O2S. The van der Waals surface area contributed by atoms with Crippen LogP contribution in [0.5, 0.6) is 5.75 Å². The van der Waals surface area contributed by atoms with Gasteiger partial charge in [-0.2, -0.15) is 0 Å². The lowest BCUT2D eigenvalue weighted by Gasteiger charge is -2.17. The molecule has 0 radical (unpaired) electrons. The van der Waals surface area contributed by atoms with Gasteiger partial charge in [0.15, 0.2) is 22.8 Å². The number of amides is 1. The molecule has 0 heterocycles. The third-order valence-corrected chi connectivity index (χ3v) is 3.94. The number of hydrogen-bond acceptors (Lipinski definition) is 3. The van der Waals surface area contributed by atoms with E-state index in [9.17, 15) is 9.18 Å². The Balaban J connectivity index is 1.85. The van der Waals surface area contributed by atoms with Crippen LogP contribution in [0.2, 0.25) is 5.02 Å². The van der Waals surface area contributed by atoms with Crippen LogP contribution in [0.1, 0.15) is 12.5 Å². The van der Waals surface area contributed by atoms with Crippen molar-refractivity contribution in [2.75, 3.05) is 5.32 Å². The van der Waals surface area contributed by atoms with Crippen molar-refractivity contribution < 1.29 is 13.9 Å². The van der Waals surface area contributed by atoms with E-state index in [1.54, 1.807) is 24.3 Å². The summed E-state index contributed by atoms with van der Waals surface area (Å²) in [4.78, 5) is 12.0. The highest BCUT2D eigenvalue weighted by Crippen LogP contribution is 2.22. The van der Waals surface area contributed by atoms with Crippen molar-refractivity contribution in [1.82, 2.24) is 10.9 Å². The van der Waals surface area contributed by atoms with Crippen LogP contribution in [-0.4, -0.2) is 17.1 Å². The Hall–Kier alpha value is -2.38. The van der Waals surface area contributed by atoms with E-state index in [2.05, 4.69) is 16.2 Å². The number of halogens is 2. The Labute approximate surface area is 155 Å². The number of ether oxygens (including phenoxy) is 1. The summed E-state index contributed by atoms with van der Waals surface area (Å²) in [6, 6.07) is 11.2. The van der Waals surface area contributed by atoms with Crippen molar-refractivity contribution in [1.29, 1.82) is 0 Å². The van der Waals surface area contributed by atoms with Gasteiger partial charge in [-0.1, -0.05) is 29.8 Å². The van der Waals surface area contributed by atoms with Crippen molar-refractivity contribution in [2.24, 2.45) is 0 Å². The SMILES string of the molecule is Cc1c(Cl)cccc1NC(=S)NNC(=O)[C@@H](C)Oc1ccccc1F. The second kappa shape index (κ2) is 8.64. The van der Waals surface area contributed by atoms with Gasteiger partial charge < -0.3 is 10.1 Å². The van der Waals surface area contributed by atoms with Gasteiger partial charge in [0.2, 0.25) is 0 Å². The summed E-state index contributed by atoms with van der Waals surface area (Å²) in [6.07, 6.45) is -0.917. The Kier molecular flexibility index (Phi) is 6.55. The Morgan fingerprint density at radius 2 is 1.92 bits per heavy atom. The summed E-state index contributed by atoms with van der Waals surface area (Å²) < 4.78 is 18.8. The first-order valence-electron chi connectivity index (χ1n) is 7.41. The number of carbonyl (C=O) groups is 1. The summed E-state index contributed by atoms with van der Waals surface area (Å²) in [5.41, 5.74) is 6.51. The first-order valence-corrected chi connectivity index (χ1v) is 8.20. The van der Waals surface area contributed by atoms with E-state index in [4.69, 9.17) is 28.6 Å². The molecule has 0 aliphatic rings. The third-order valence-electron chi connectivity index (χ3n) is 3.32. The molecule has 0 saturated heterocycles. The molecule has 0 fully saturated rings. The first-order chi connectivity index (χ1) is 11.9. The number of carbonyl (C=O) groups excluding carboxylic acids is 1. The largest absolute Gasteiger partial charge is 0.478 e. The molecule has 0 saturated carbocycles. The Bertz CT molecular complexity index is 788. The topological polar surface area (TPSA) is 62.4 Å². The number of para-hydroxylation sites is 1. The van der Waals surface area contributed by atoms with Crippen LogP contribution in [0, 0.1) is 12.7 Å². The second-order valence-electron chi connectivity index (χ2n) is 5.17. The molecule has 5 nitrogen and oxygen atoms in total. The molecular weight excluding hydrogens is 365 g/mol. The number of thiocarbonyl (C=S) groups is 1. The fourth-order valence-corrected chi connectivity index (χ4v) is 2.24. The highest BCUT2D eigenvalue weighted by Gasteiger charge is 2.16. The smallest absolute Gasteiger partial charge is 0.279 e. The number of benzene rings is 2. The standard InChI is InChI=1S/C17H17ClFN3O2S/c1-10-12(18)6-5-8-14(10)20-17(25)22-21-16(23)11(2)24-15-9-4-3-7-13(15)19/h3-9,11H,1-2H3,(H,21,23)(H2,20,22,25)/t11-/m1/s1. The maximum Gasteiger partial charge on any atom is 0.279 e. The number of anilines is 1. The fourth-order valence-electron chi connectivity index (χ4n) is 1.90. The van der Waals surface area contributed by atoms with Crippen LogP contribution in [-0.2, 0) is 4.79 Å². The van der Waals surface area contributed by atoms with Crippen LogP contribution < -0.4 is 20.9 Å². The minimum absolute atomic E-state index is 0.000374. The van der Waals surface area contributed by atoms with E-state index in [0.29, 0.717) is 5.02 Å². The highest BCUT2D eigenvalue weighted by atomic mass is 35.5. The number of hydrogen-bond donors (Lipinski definition) is 3. The van der Waals surface area contributed by atoms with Crippen molar-refractivity contribution in [3.63, 3.8) is 0 Å². The molecule has 0 aliphatic heterocycles. The molecule has 8 heteroatoms. The molecule has 3 N–H and O–H groups in total. The average molecular weight is 382 g/mol. The Morgan fingerprint density at radius 1 is 1.20 bits per heavy atom. The molecule has 0 aliphatic carbocycles.